The van der Waals surface area contributed by atoms with E-state index in [2.05, 4.69) is 20.9 Å². The zero-order chi connectivity index (χ0) is 10.8. The van der Waals surface area contributed by atoms with Crippen LogP contribution in [0.15, 0.2) is 4.99 Å². The van der Waals surface area contributed by atoms with Gasteiger partial charge in [-0.3, -0.25) is 20.4 Å². The van der Waals surface area contributed by atoms with E-state index in [4.69, 9.17) is 5.11 Å². The third-order valence-electron chi connectivity index (χ3n) is 2.48. The number of rotatable bonds is 3. The molecule has 15 heavy (non-hydrogen) atoms. The summed E-state index contributed by atoms with van der Waals surface area (Å²) in [5.74, 6) is -0.782. The fourth-order valence-corrected chi connectivity index (χ4v) is 2.76. The molecule has 0 spiro atoms. The Morgan fingerprint density at radius 3 is 3.20 bits per heavy atom. The molecule has 2 aliphatic heterocycles. The molecule has 7 heteroatoms. The number of carboxylic acids is 1. The Labute approximate surface area is 91.9 Å². The molecule has 3 unspecified atom stereocenters. The number of nitrogens with one attached hydrogen (secondary N) is 3. The number of thioether (sulfide) groups is 1. The zero-order valence-corrected chi connectivity index (χ0v) is 9.12. The molecule has 2 aliphatic rings. The summed E-state index contributed by atoms with van der Waals surface area (Å²) in [6.45, 7) is 2.35. The first-order valence-corrected chi connectivity index (χ1v) is 5.75. The van der Waals surface area contributed by atoms with Gasteiger partial charge in [-0.05, 0) is 6.92 Å². The van der Waals surface area contributed by atoms with Crippen LogP contribution in [0.2, 0.25) is 0 Å². The van der Waals surface area contributed by atoms with Gasteiger partial charge in [0, 0.05) is 6.67 Å². The van der Waals surface area contributed by atoms with Crippen LogP contribution in [0, 0.1) is 0 Å². The zero-order valence-electron chi connectivity index (χ0n) is 8.30. The number of carboxylic acid groups (broad SMARTS) is 1. The van der Waals surface area contributed by atoms with Gasteiger partial charge in [0.25, 0.3) is 0 Å². The van der Waals surface area contributed by atoms with Crippen molar-refractivity contribution < 1.29 is 9.90 Å². The van der Waals surface area contributed by atoms with E-state index in [0.717, 1.165) is 0 Å². The molecule has 0 aliphatic carbocycles. The molecule has 1 fully saturated rings. The fourth-order valence-electron chi connectivity index (χ4n) is 1.63. The Morgan fingerprint density at radius 2 is 2.47 bits per heavy atom. The van der Waals surface area contributed by atoms with Crippen molar-refractivity contribution in [1.29, 1.82) is 0 Å². The molecule has 0 saturated carbocycles. The number of hydrogen-bond acceptors (Lipinski definition) is 6. The number of hydrogen-bond donors (Lipinski definition) is 4. The van der Waals surface area contributed by atoms with E-state index >= 15 is 0 Å². The monoisotopic (exact) mass is 230 g/mol. The van der Waals surface area contributed by atoms with Gasteiger partial charge in [-0.25, -0.2) is 0 Å². The molecule has 0 aromatic rings. The van der Waals surface area contributed by atoms with Gasteiger partial charge in [0.1, 0.15) is 11.4 Å². The smallest absolute Gasteiger partial charge is 0.316 e. The predicted octanol–water partition coefficient (Wildman–Crippen LogP) is -1.00. The maximum absolute atomic E-state index is 10.7. The molecule has 84 valence electrons. The van der Waals surface area contributed by atoms with Crippen molar-refractivity contribution in [3.05, 3.63) is 0 Å². The van der Waals surface area contributed by atoms with Crippen LogP contribution < -0.4 is 16.0 Å². The van der Waals surface area contributed by atoms with Crippen LogP contribution in [0.1, 0.15) is 6.92 Å². The minimum atomic E-state index is -0.782. The van der Waals surface area contributed by atoms with Crippen molar-refractivity contribution in [3.63, 3.8) is 0 Å². The van der Waals surface area contributed by atoms with Crippen LogP contribution >= 0.6 is 11.8 Å². The lowest BCUT2D eigenvalue weighted by Gasteiger charge is -2.34. The molecule has 6 nitrogen and oxygen atoms in total. The van der Waals surface area contributed by atoms with E-state index in [9.17, 15) is 4.79 Å². The summed E-state index contributed by atoms with van der Waals surface area (Å²) in [4.78, 5) is 15.0. The Kier molecular flexibility index (Phi) is 3.13. The number of fused-ring (bicyclic) bond motifs is 1. The largest absolute Gasteiger partial charge is 0.480 e. The van der Waals surface area contributed by atoms with Gasteiger partial charge in [-0.1, -0.05) is 0 Å². The third-order valence-corrected chi connectivity index (χ3v) is 3.84. The molecule has 0 amide bonds. The Morgan fingerprint density at radius 1 is 1.67 bits per heavy atom. The predicted molar refractivity (Wildman–Crippen MR) is 58.8 cm³/mol. The molecule has 0 aromatic carbocycles. The summed E-state index contributed by atoms with van der Waals surface area (Å²) < 4.78 is 0. The number of nitrogens with zero attached hydrogens (tertiary/aromatic N) is 1. The fraction of sp³-hybridized carbons (Fsp3) is 0.750. The highest BCUT2D eigenvalue weighted by Gasteiger charge is 2.36. The van der Waals surface area contributed by atoms with Crippen LogP contribution in [-0.2, 0) is 4.79 Å². The highest BCUT2D eigenvalue weighted by Crippen LogP contribution is 2.23. The van der Waals surface area contributed by atoms with Crippen LogP contribution in [0.25, 0.3) is 0 Å². The van der Waals surface area contributed by atoms with Gasteiger partial charge in [-0.15, -0.1) is 11.8 Å². The molecular formula is C8H14N4O2S. The quantitative estimate of drug-likeness (QED) is 0.497. The molecular weight excluding hydrogens is 216 g/mol. The lowest BCUT2D eigenvalue weighted by molar-refractivity contribution is -0.136. The minimum Gasteiger partial charge on any atom is -0.480 e. The van der Waals surface area contributed by atoms with E-state index in [1.807, 2.05) is 0 Å². The van der Waals surface area contributed by atoms with Crippen molar-refractivity contribution in [2.75, 3.05) is 6.67 Å². The molecule has 1 saturated heterocycles. The first-order chi connectivity index (χ1) is 7.18. The van der Waals surface area contributed by atoms with E-state index in [1.165, 1.54) is 11.8 Å². The first kappa shape index (κ1) is 10.7. The van der Waals surface area contributed by atoms with E-state index in [1.54, 1.807) is 13.3 Å². The highest BCUT2D eigenvalue weighted by molar-refractivity contribution is 8.01. The lowest BCUT2D eigenvalue weighted by atomic mass is 10.2. The SMILES string of the molecule is C[C@@H](SC1NCNC2N=CNC21)C(=O)O. The summed E-state index contributed by atoms with van der Waals surface area (Å²) in [5, 5.41) is 18.0. The van der Waals surface area contributed by atoms with Gasteiger partial charge >= 0.3 is 5.97 Å². The Hall–Kier alpha value is -0.790. The third kappa shape index (κ3) is 2.24. The van der Waals surface area contributed by atoms with Crippen molar-refractivity contribution in [3.8, 4) is 0 Å². The van der Waals surface area contributed by atoms with Gasteiger partial charge < -0.3 is 10.4 Å². The molecule has 0 bridgehead atoms. The number of aliphatic carboxylic acids is 1. The van der Waals surface area contributed by atoms with Crippen LogP contribution in [0.3, 0.4) is 0 Å². The maximum atomic E-state index is 10.7. The summed E-state index contributed by atoms with van der Waals surface area (Å²) in [6, 6.07) is 0.130. The van der Waals surface area contributed by atoms with Gasteiger partial charge in [0.2, 0.25) is 0 Å². The second-order valence-corrected chi connectivity index (χ2v) is 5.02. The highest BCUT2D eigenvalue weighted by atomic mass is 32.2. The Bertz CT molecular complexity index is 286. The van der Waals surface area contributed by atoms with Crippen LogP contribution in [0.4, 0.5) is 0 Å². The van der Waals surface area contributed by atoms with E-state index in [0.29, 0.717) is 6.67 Å². The van der Waals surface area contributed by atoms with Gasteiger partial charge in [0.15, 0.2) is 0 Å². The molecule has 4 N–H and O–H groups in total. The second kappa shape index (κ2) is 4.38. The molecule has 4 atom stereocenters. The normalized spacial score (nSPS) is 35.7. The van der Waals surface area contributed by atoms with Crippen molar-refractivity contribution in [2.24, 2.45) is 4.99 Å². The van der Waals surface area contributed by atoms with E-state index in [-0.39, 0.29) is 17.6 Å². The van der Waals surface area contributed by atoms with Crippen LogP contribution in [-0.4, -0.2) is 46.9 Å². The van der Waals surface area contributed by atoms with Crippen molar-refractivity contribution in [1.82, 2.24) is 16.0 Å². The Balaban J connectivity index is 1.94. The second-order valence-electron chi connectivity index (χ2n) is 3.54. The average Bonchev–Trinajstić information content (AvgIpc) is 2.66. The number of aliphatic imine (C=N–C) groups is 1. The topological polar surface area (TPSA) is 85.8 Å². The van der Waals surface area contributed by atoms with Gasteiger partial charge in [0.05, 0.1) is 17.8 Å². The average molecular weight is 230 g/mol. The lowest BCUT2D eigenvalue weighted by Crippen LogP contribution is -2.61. The minimum absolute atomic E-state index is 0.0599. The standard InChI is InChI=1S/C8H14N4O2S/c1-4(8(13)14)15-7-5-6(10-2-9-5)11-3-12-7/h2,4-7,11-12H,3H2,1H3,(H,9,10)(H,13,14)/t4-,5?,6?,7?/m1/s1. The van der Waals surface area contributed by atoms with Gasteiger partial charge in [-0.2, -0.15) is 0 Å². The van der Waals surface area contributed by atoms with E-state index < -0.39 is 11.2 Å². The van der Waals surface area contributed by atoms with Crippen molar-refractivity contribution in [2.45, 2.75) is 29.8 Å². The van der Waals surface area contributed by atoms with Crippen LogP contribution in [0.5, 0.6) is 0 Å². The summed E-state index contributed by atoms with van der Waals surface area (Å²) >= 11 is 1.41. The number of carbonyl (C=O) groups is 1. The summed E-state index contributed by atoms with van der Waals surface area (Å²) in [5.41, 5.74) is 0. The molecule has 0 radical (unpaired) electrons. The summed E-state index contributed by atoms with van der Waals surface area (Å²) in [7, 11) is 0. The molecule has 0 aromatic heterocycles. The first-order valence-electron chi connectivity index (χ1n) is 4.81. The molecule has 2 rings (SSSR count). The maximum Gasteiger partial charge on any atom is 0.316 e. The van der Waals surface area contributed by atoms with Crippen molar-refractivity contribution >= 4 is 24.1 Å². The summed E-state index contributed by atoms with van der Waals surface area (Å²) in [6.07, 6.45) is 1.73. The molecule has 2 heterocycles.